The van der Waals surface area contributed by atoms with E-state index in [1.807, 2.05) is 0 Å². The maximum atomic E-state index is 14.2. The Kier molecular flexibility index (Phi) is 5.79. The molecule has 0 bridgehead atoms. The molecule has 1 aliphatic rings. The Morgan fingerprint density at radius 2 is 1.24 bits per heavy atom. The van der Waals surface area contributed by atoms with E-state index in [9.17, 15) is 48.3 Å². The van der Waals surface area contributed by atoms with E-state index in [1.165, 1.54) is 0 Å². The number of hydrogen-bond acceptors (Lipinski definition) is 1. The number of rotatable bonds is 3. The minimum atomic E-state index is -5.91. The maximum Gasteiger partial charge on any atom is 0.430 e. The maximum absolute atomic E-state index is 14.2. The summed E-state index contributed by atoms with van der Waals surface area (Å²) < 4.78 is 144. The van der Waals surface area contributed by atoms with Crippen LogP contribution in [0.2, 0.25) is 0 Å². The van der Waals surface area contributed by atoms with Gasteiger partial charge in [-0.25, -0.2) is 8.78 Å². The smallest absolute Gasteiger partial charge is 0.269 e. The summed E-state index contributed by atoms with van der Waals surface area (Å²) in [4.78, 5) is -0.401. The highest BCUT2D eigenvalue weighted by atomic mass is 19.4. The second-order valence-corrected chi connectivity index (χ2v) is 5.99. The molecule has 148 valence electrons. The molecule has 0 aliphatic carbocycles. The molecule has 0 amide bonds. The van der Waals surface area contributed by atoms with Crippen LogP contribution < -0.4 is 0 Å². The van der Waals surface area contributed by atoms with Gasteiger partial charge in [0.25, 0.3) is 5.67 Å². The SMILES string of the molecule is C=C(C)C(F)(C(F)N1CC(C(F)(F)F)CC(C(F)(F)F)C1)C(F)(F)F. The van der Waals surface area contributed by atoms with Crippen LogP contribution in [-0.4, -0.2) is 48.5 Å². The fraction of sp³-hybridized carbons (Fsp3) is 0.846. The van der Waals surface area contributed by atoms with Crippen LogP contribution in [0.5, 0.6) is 0 Å². The Labute approximate surface area is 135 Å². The Bertz CT molecular complexity index is 470. The van der Waals surface area contributed by atoms with E-state index < -0.39 is 72.3 Å². The van der Waals surface area contributed by atoms with Gasteiger partial charge < -0.3 is 0 Å². The molecule has 0 aromatic rings. The van der Waals surface area contributed by atoms with Crippen molar-refractivity contribution in [3.8, 4) is 0 Å². The lowest BCUT2D eigenvalue weighted by Gasteiger charge is -2.44. The third-order valence-corrected chi connectivity index (χ3v) is 4.09. The van der Waals surface area contributed by atoms with Crippen LogP contribution in [0.1, 0.15) is 13.3 Å². The van der Waals surface area contributed by atoms with E-state index in [-0.39, 0.29) is 0 Å². The third kappa shape index (κ3) is 4.37. The quantitative estimate of drug-likeness (QED) is 0.362. The van der Waals surface area contributed by atoms with Gasteiger partial charge >= 0.3 is 18.5 Å². The van der Waals surface area contributed by atoms with Crippen molar-refractivity contribution >= 4 is 0 Å². The number of halogens is 11. The summed E-state index contributed by atoms with van der Waals surface area (Å²) in [5, 5.41) is 0. The highest BCUT2D eigenvalue weighted by molar-refractivity contribution is 5.18. The number of nitrogens with zero attached hydrogens (tertiary/aromatic N) is 1. The van der Waals surface area contributed by atoms with Crippen LogP contribution in [0.4, 0.5) is 48.3 Å². The van der Waals surface area contributed by atoms with E-state index in [2.05, 4.69) is 6.58 Å². The van der Waals surface area contributed by atoms with Crippen molar-refractivity contribution in [3.05, 3.63) is 12.2 Å². The van der Waals surface area contributed by atoms with E-state index >= 15 is 0 Å². The number of hydrogen-bond donors (Lipinski definition) is 0. The molecular weight excluding hydrogens is 379 g/mol. The van der Waals surface area contributed by atoms with Crippen LogP contribution in [-0.2, 0) is 0 Å². The van der Waals surface area contributed by atoms with Gasteiger partial charge in [0.15, 0.2) is 0 Å². The van der Waals surface area contributed by atoms with Gasteiger partial charge in [0, 0.05) is 13.1 Å². The molecule has 0 spiro atoms. The molecule has 4 unspecified atom stereocenters. The lowest BCUT2D eigenvalue weighted by atomic mass is 9.86. The van der Waals surface area contributed by atoms with Crippen molar-refractivity contribution in [2.24, 2.45) is 11.8 Å². The molecule has 0 aromatic heterocycles. The zero-order chi connectivity index (χ0) is 20.0. The summed E-state index contributed by atoms with van der Waals surface area (Å²) >= 11 is 0. The van der Waals surface area contributed by atoms with Gasteiger partial charge in [-0.2, -0.15) is 39.5 Å². The third-order valence-electron chi connectivity index (χ3n) is 4.09. The topological polar surface area (TPSA) is 3.24 Å². The normalized spacial score (nSPS) is 27.7. The van der Waals surface area contributed by atoms with Crippen molar-refractivity contribution in [1.82, 2.24) is 4.90 Å². The number of alkyl halides is 11. The fourth-order valence-corrected chi connectivity index (χ4v) is 2.62. The standard InChI is InChI=1S/C13H14F11N/c1-6(2)10(15,13(22,23)24)9(14)25-4-7(11(16,17)18)3-8(5-25)12(19,20)21/h7-9H,1,3-5H2,2H3. The van der Waals surface area contributed by atoms with Crippen LogP contribution in [0.25, 0.3) is 0 Å². The van der Waals surface area contributed by atoms with E-state index in [4.69, 9.17) is 0 Å². The molecule has 0 aromatic carbocycles. The Balaban J connectivity index is 3.26. The van der Waals surface area contributed by atoms with Crippen LogP contribution in [0, 0.1) is 11.8 Å². The molecule has 1 saturated heterocycles. The molecule has 1 heterocycles. The summed E-state index contributed by atoms with van der Waals surface area (Å²) in [7, 11) is 0. The van der Waals surface area contributed by atoms with Crippen molar-refractivity contribution in [2.75, 3.05) is 13.1 Å². The lowest BCUT2D eigenvalue weighted by Crippen LogP contribution is -2.61. The van der Waals surface area contributed by atoms with Gasteiger partial charge in [0.2, 0.25) is 6.30 Å². The summed E-state index contributed by atoms with van der Waals surface area (Å²) in [5.41, 5.74) is -6.21. The van der Waals surface area contributed by atoms with Crippen molar-refractivity contribution in [1.29, 1.82) is 0 Å². The average molecular weight is 393 g/mol. The van der Waals surface area contributed by atoms with Gasteiger partial charge in [-0.3, -0.25) is 4.90 Å². The molecule has 0 N–H and O–H groups in total. The molecule has 1 rings (SSSR count). The number of piperidine rings is 1. The minimum absolute atomic E-state index is 0.401. The molecule has 1 nitrogen and oxygen atoms in total. The zero-order valence-corrected chi connectivity index (χ0v) is 12.7. The second-order valence-electron chi connectivity index (χ2n) is 5.99. The first kappa shape index (κ1) is 22.0. The lowest BCUT2D eigenvalue weighted by molar-refractivity contribution is -0.273. The molecule has 1 fully saturated rings. The molecule has 0 saturated carbocycles. The van der Waals surface area contributed by atoms with E-state index in [0.717, 1.165) is 0 Å². The Morgan fingerprint density at radius 1 is 0.880 bits per heavy atom. The highest BCUT2D eigenvalue weighted by Crippen LogP contribution is 2.47. The largest absolute Gasteiger partial charge is 0.430 e. The van der Waals surface area contributed by atoms with Gasteiger partial charge in [-0.15, -0.1) is 0 Å². The first-order valence-corrected chi connectivity index (χ1v) is 6.85. The van der Waals surface area contributed by atoms with Crippen molar-refractivity contribution < 1.29 is 48.3 Å². The second kappa shape index (κ2) is 6.58. The molecular formula is C13H14F11N. The van der Waals surface area contributed by atoms with Gasteiger partial charge in [0.05, 0.1) is 11.8 Å². The summed E-state index contributed by atoms with van der Waals surface area (Å²) in [6, 6.07) is 0. The molecule has 4 atom stereocenters. The molecule has 0 radical (unpaired) electrons. The van der Waals surface area contributed by atoms with Crippen LogP contribution in [0.15, 0.2) is 12.2 Å². The minimum Gasteiger partial charge on any atom is -0.269 e. The molecule has 1 aliphatic heterocycles. The van der Waals surface area contributed by atoms with Crippen molar-refractivity contribution in [3.63, 3.8) is 0 Å². The average Bonchev–Trinajstić information content (AvgIpc) is 2.41. The monoisotopic (exact) mass is 393 g/mol. The van der Waals surface area contributed by atoms with Crippen molar-refractivity contribution in [2.45, 2.75) is 43.8 Å². The summed E-state index contributed by atoms with van der Waals surface area (Å²) in [6.45, 7) is 0.0468. The predicted octanol–water partition coefficient (Wildman–Crippen LogP) is 5.19. The van der Waals surface area contributed by atoms with Crippen LogP contribution in [0.3, 0.4) is 0 Å². The highest BCUT2D eigenvalue weighted by Gasteiger charge is 2.65. The molecule has 25 heavy (non-hydrogen) atoms. The van der Waals surface area contributed by atoms with Crippen LogP contribution >= 0.6 is 0 Å². The van der Waals surface area contributed by atoms with E-state index in [1.54, 1.807) is 0 Å². The number of likely N-dealkylation sites (tertiary alicyclic amines) is 1. The summed E-state index contributed by atoms with van der Waals surface area (Å²) in [5.74, 6) is -5.48. The Morgan fingerprint density at radius 3 is 1.48 bits per heavy atom. The zero-order valence-electron chi connectivity index (χ0n) is 12.7. The van der Waals surface area contributed by atoms with Gasteiger partial charge in [0.1, 0.15) is 0 Å². The van der Waals surface area contributed by atoms with E-state index in [0.29, 0.717) is 6.92 Å². The van der Waals surface area contributed by atoms with Gasteiger partial charge in [-0.05, 0) is 18.9 Å². The Hall–Kier alpha value is -1.07. The summed E-state index contributed by atoms with van der Waals surface area (Å²) in [6.07, 6.45) is -21.6. The first-order chi connectivity index (χ1) is 10.9. The molecule has 12 heteroatoms. The first-order valence-electron chi connectivity index (χ1n) is 6.85. The fourth-order valence-electron chi connectivity index (χ4n) is 2.62. The van der Waals surface area contributed by atoms with Gasteiger partial charge in [-0.1, -0.05) is 6.58 Å². The predicted molar refractivity (Wildman–Crippen MR) is 64.9 cm³/mol.